The summed E-state index contributed by atoms with van der Waals surface area (Å²) < 4.78 is 30.1. The van der Waals surface area contributed by atoms with Crippen molar-refractivity contribution in [1.29, 1.82) is 0 Å². The maximum absolute atomic E-state index is 11.3. The number of rotatable bonds is 17. The molecule has 0 aromatic carbocycles. The number of aliphatic hydroxyl groups excluding tert-OH is 1. The van der Waals surface area contributed by atoms with Crippen molar-refractivity contribution in [3.05, 3.63) is 12.2 Å². The predicted molar refractivity (Wildman–Crippen MR) is 110 cm³/mol. The Kier molecular flexibility index (Phi) is 21.0. The number of carbonyl (C=O) groups is 1. The van der Waals surface area contributed by atoms with E-state index in [9.17, 15) is 18.3 Å². The molecule has 156 valence electrons. The minimum absolute atomic E-state index is 0. The van der Waals surface area contributed by atoms with Crippen LogP contribution in [0.25, 0.3) is 0 Å². The molecular formula is C19H37NaO6S. The van der Waals surface area contributed by atoms with Crippen LogP contribution in [-0.2, 0) is 23.6 Å². The van der Waals surface area contributed by atoms with Gasteiger partial charge in [-0.2, -0.15) is 8.42 Å². The Labute approximate surface area is 187 Å². The first-order chi connectivity index (χ1) is 12.4. The van der Waals surface area contributed by atoms with Gasteiger partial charge in [-0.05, 0) is 32.1 Å². The fourth-order valence-electron chi connectivity index (χ4n) is 2.55. The number of unbranched alkanes of at least 4 members (excludes halogenated alkanes) is 8. The Morgan fingerprint density at radius 2 is 1.63 bits per heavy atom. The molecule has 1 N–H and O–H groups in total. The Balaban J connectivity index is 0. The van der Waals surface area contributed by atoms with Gasteiger partial charge in [0.1, 0.15) is 0 Å². The summed E-state index contributed by atoms with van der Waals surface area (Å²) in [6.07, 6.45) is 16.1. The van der Waals surface area contributed by atoms with E-state index in [-0.39, 0.29) is 42.1 Å². The summed E-state index contributed by atoms with van der Waals surface area (Å²) in [4.78, 5) is 11.3. The Morgan fingerprint density at radius 3 is 2.30 bits per heavy atom. The van der Waals surface area contributed by atoms with Gasteiger partial charge in [-0.15, -0.1) is 0 Å². The normalized spacial score (nSPS) is 12.7. The molecule has 0 aromatic rings. The third-order valence-corrected chi connectivity index (χ3v) is 4.91. The first-order valence-electron chi connectivity index (χ1n) is 9.77. The van der Waals surface area contributed by atoms with Gasteiger partial charge in [-0.1, -0.05) is 64.0 Å². The van der Waals surface area contributed by atoms with Gasteiger partial charge >= 0.3 is 45.9 Å². The van der Waals surface area contributed by atoms with E-state index in [1.165, 1.54) is 19.3 Å². The molecule has 8 heteroatoms. The molecule has 0 spiro atoms. The molecule has 6 nitrogen and oxygen atoms in total. The van der Waals surface area contributed by atoms with Crippen LogP contribution in [0.1, 0.15) is 90.4 Å². The van der Waals surface area contributed by atoms with E-state index in [2.05, 4.69) is 27.4 Å². The molecule has 0 bridgehead atoms. The Hall–Kier alpha value is 0.0800. The van der Waals surface area contributed by atoms with Gasteiger partial charge in [0.25, 0.3) is 0 Å². The Morgan fingerprint density at radius 1 is 1.00 bits per heavy atom. The fraction of sp³-hybridized carbons (Fsp3) is 0.842. The van der Waals surface area contributed by atoms with E-state index < -0.39 is 16.4 Å². The summed E-state index contributed by atoms with van der Waals surface area (Å²) >= 11 is 0. The summed E-state index contributed by atoms with van der Waals surface area (Å²) in [6, 6.07) is 0. The molecule has 0 unspecified atom stereocenters. The van der Waals surface area contributed by atoms with E-state index in [0.717, 1.165) is 58.5 Å². The van der Waals surface area contributed by atoms with Crippen LogP contribution in [0.5, 0.6) is 0 Å². The van der Waals surface area contributed by atoms with Gasteiger partial charge in [0, 0.05) is 6.42 Å². The first-order valence-corrected chi connectivity index (χ1v) is 11.1. The second kappa shape index (κ2) is 19.4. The van der Waals surface area contributed by atoms with Crippen LogP contribution in [0.3, 0.4) is 0 Å². The van der Waals surface area contributed by atoms with Gasteiger partial charge in [0.05, 0.1) is 13.2 Å². The number of allylic oxidation sites excluding steroid dienone is 1. The summed E-state index contributed by atoms with van der Waals surface area (Å²) in [5.41, 5.74) is 0. The molecule has 0 saturated carbocycles. The first kappa shape index (κ1) is 29.3. The van der Waals surface area contributed by atoms with Crippen LogP contribution in [-0.4, -0.2) is 62.3 Å². The monoisotopic (exact) mass is 416 g/mol. The van der Waals surface area contributed by atoms with E-state index in [1.807, 2.05) is 0 Å². The van der Waals surface area contributed by atoms with Crippen LogP contribution in [0.4, 0.5) is 0 Å². The minimum atomic E-state index is -4.17. The van der Waals surface area contributed by atoms with Gasteiger partial charge in [0.15, 0.2) is 0 Å². The molecular weight excluding hydrogens is 379 g/mol. The van der Waals surface area contributed by atoms with Gasteiger partial charge in [0.2, 0.25) is 0 Å². The molecule has 0 fully saturated rings. The van der Waals surface area contributed by atoms with Crippen LogP contribution in [0, 0.1) is 0 Å². The SMILES string of the molecule is CCCCCC[C@@H](O)C/C=C\CCCCCCCC(=O)OS(=O)(=O)OC.[NaH]. The molecule has 0 aliphatic heterocycles. The summed E-state index contributed by atoms with van der Waals surface area (Å²) in [7, 11) is -3.22. The van der Waals surface area contributed by atoms with Crippen LogP contribution in [0.2, 0.25) is 0 Å². The third-order valence-electron chi connectivity index (χ3n) is 4.12. The second-order valence-corrected chi connectivity index (χ2v) is 7.86. The summed E-state index contributed by atoms with van der Waals surface area (Å²) in [6.45, 7) is 2.18. The number of aliphatic hydroxyl groups is 1. The van der Waals surface area contributed by atoms with Crippen LogP contribution < -0.4 is 0 Å². The zero-order valence-electron chi connectivity index (χ0n) is 16.3. The average Bonchev–Trinajstić information content (AvgIpc) is 2.60. The van der Waals surface area contributed by atoms with Gasteiger partial charge in [-0.25, -0.2) is 4.18 Å². The summed E-state index contributed by atoms with van der Waals surface area (Å²) in [5.74, 6) is -0.775. The van der Waals surface area contributed by atoms with Crippen molar-refractivity contribution < 1.29 is 26.7 Å². The van der Waals surface area contributed by atoms with E-state index in [4.69, 9.17) is 0 Å². The van der Waals surface area contributed by atoms with Crippen molar-refractivity contribution in [3.8, 4) is 0 Å². The van der Waals surface area contributed by atoms with Gasteiger partial charge in [-0.3, -0.25) is 4.79 Å². The van der Waals surface area contributed by atoms with Crippen molar-refractivity contribution >= 4 is 45.9 Å². The molecule has 0 saturated heterocycles. The van der Waals surface area contributed by atoms with E-state index in [1.54, 1.807) is 0 Å². The van der Waals surface area contributed by atoms with Crippen molar-refractivity contribution in [3.63, 3.8) is 0 Å². The number of hydrogen-bond donors (Lipinski definition) is 1. The maximum atomic E-state index is 11.3. The molecule has 0 amide bonds. The molecule has 0 radical (unpaired) electrons. The van der Waals surface area contributed by atoms with E-state index in [0.29, 0.717) is 6.42 Å². The second-order valence-electron chi connectivity index (χ2n) is 6.55. The number of hydrogen-bond acceptors (Lipinski definition) is 6. The zero-order valence-corrected chi connectivity index (χ0v) is 17.1. The molecule has 0 aliphatic carbocycles. The van der Waals surface area contributed by atoms with Crippen molar-refractivity contribution in [2.45, 2.75) is 96.5 Å². The van der Waals surface area contributed by atoms with E-state index >= 15 is 0 Å². The van der Waals surface area contributed by atoms with Crippen molar-refractivity contribution in [2.75, 3.05) is 7.11 Å². The Bertz CT molecular complexity index is 479. The predicted octanol–water partition coefficient (Wildman–Crippen LogP) is 3.78. The summed E-state index contributed by atoms with van der Waals surface area (Å²) in [5, 5.41) is 9.85. The molecule has 0 heterocycles. The number of carbonyl (C=O) groups excluding carboxylic acids is 1. The quantitative estimate of drug-likeness (QED) is 0.220. The molecule has 0 aliphatic rings. The van der Waals surface area contributed by atoms with Crippen LogP contribution >= 0.6 is 0 Å². The molecule has 0 aromatic heterocycles. The molecule has 0 rings (SSSR count). The fourth-order valence-corrected chi connectivity index (χ4v) is 2.93. The van der Waals surface area contributed by atoms with Crippen molar-refractivity contribution in [2.24, 2.45) is 0 Å². The average molecular weight is 417 g/mol. The molecule has 1 atom stereocenters. The topological polar surface area (TPSA) is 89.9 Å². The van der Waals surface area contributed by atoms with Crippen LogP contribution in [0.15, 0.2) is 12.2 Å². The standard InChI is InChI=1S/C19H36O6S.Na.H/c1-3-4-5-12-15-18(20)16-13-10-8-6-7-9-11-14-17-19(21)25-26(22,23)24-2;;/h10,13,18,20H,3-9,11-12,14-17H2,1-2H3;;/b13-10-;;/t18-;;/m1../s1. The molecule has 27 heavy (non-hydrogen) atoms. The zero-order chi connectivity index (χ0) is 19.7. The third kappa shape index (κ3) is 20.6. The van der Waals surface area contributed by atoms with Crippen molar-refractivity contribution in [1.82, 2.24) is 0 Å². The van der Waals surface area contributed by atoms with Gasteiger partial charge < -0.3 is 9.29 Å².